The maximum atomic E-state index is 12.2. The molecule has 0 aliphatic carbocycles. The van der Waals surface area contributed by atoms with E-state index >= 15 is 0 Å². The van der Waals surface area contributed by atoms with E-state index in [2.05, 4.69) is 4.98 Å². The summed E-state index contributed by atoms with van der Waals surface area (Å²) in [5.74, 6) is 0.433. The van der Waals surface area contributed by atoms with Gasteiger partial charge in [0.2, 0.25) is 0 Å². The van der Waals surface area contributed by atoms with Crippen molar-refractivity contribution in [3.05, 3.63) is 59.1 Å². The zero-order valence-electron chi connectivity index (χ0n) is 11.4. The lowest BCUT2D eigenvalue weighted by Crippen LogP contribution is -2.03. The predicted octanol–water partition coefficient (Wildman–Crippen LogP) is 4.20. The first-order chi connectivity index (χ1) is 10.1. The van der Waals surface area contributed by atoms with Crippen molar-refractivity contribution >= 4 is 40.2 Å². The van der Waals surface area contributed by atoms with Crippen molar-refractivity contribution in [1.29, 1.82) is 0 Å². The van der Waals surface area contributed by atoms with Crippen molar-refractivity contribution < 1.29 is 4.79 Å². The summed E-state index contributed by atoms with van der Waals surface area (Å²) in [5, 5.41) is 1.48. The van der Waals surface area contributed by atoms with E-state index in [1.807, 2.05) is 35.9 Å². The molecule has 2 aromatic carbocycles. The van der Waals surface area contributed by atoms with E-state index in [1.54, 1.807) is 24.3 Å². The van der Waals surface area contributed by atoms with E-state index in [0.717, 1.165) is 16.2 Å². The number of aryl methyl sites for hydroxylation is 1. The molecule has 5 heteroatoms. The second-order valence-electron chi connectivity index (χ2n) is 4.66. The Bertz CT molecular complexity index is 796. The molecule has 21 heavy (non-hydrogen) atoms. The minimum atomic E-state index is 0.0729. The van der Waals surface area contributed by atoms with Crippen LogP contribution in [-0.2, 0) is 7.05 Å². The molecule has 0 spiro atoms. The van der Waals surface area contributed by atoms with Gasteiger partial charge in [-0.3, -0.25) is 4.79 Å². The number of benzene rings is 2. The lowest BCUT2D eigenvalue weighted by Gasteiger charge is -2.02. The second kappa shape index (κ2) is 5.92. The Morgan fingerprint density at radius 1 is 1.19 bits per heavy atom. The highest BCUT2D eigenvalue weighted by molar-refractivity contribution is 7.99. The minimum absolute atomic E-state index is 0.0729. The van der Waals surface area contributed by atoms with Gasteiger partial charge in [0, 0.05) is 17.6 Å². The number of thioether (sulfide) groups is 1. The van der Waals surface area contributed by atoms with Gasteiger partial charge in [-0.15, -0.1) is 0 Å². The van der Waals surface area contributed by atoms with Gasteiger partial charge in [-0.2, -0.15) is 0 Å². The third kappa shape index (κ3) is 2.96. The first-order valence-corrected chi connectivity index (χ1v) is 7.84. The number of Topliss-reactive ketones (excluding diaryl/α,β-unsaturated/α-hetero) is 1. The van der Waals surface area contributed by atoms with Crippen LogP contribution in [0.2, 0.25) is 5.02 Å². The highest BCUT2D eigenvalue weighted by Gasteiger charge is 2.11. The maximum Gasteiger partial charge on any atom is 0.173 e. The van der Waals surface area contributed by atoms with E-state index in [4.69, 9.17) is 11.6 Å². The first kappa shape index (κ1) is 14.2. The van der Waals surface area contributed by atoms with Crippen LogP contribution >= 0.6 is 23.4 Å². The number of aromatic nitrogens is 2. The average molecular weight is 317 g/mol. The minimum Gasteiger partial charge on any atom is -0.322 e. The van der Waals surface area contributed by atoms with Gasteiger partial charge < -0.3 is 4.57 Å². The van der Waals surface area contributed by atoms with Crippen LogP contribution in [0.3, 0.4) is 0 Å². The van der Waals surface area contributed by atoms with Crippen molar-refractivity contribution in [2.75, 3.05) is 5.75 Å². The van der Waals surface area contributed by atoms with Crippen molar-refractivity contribution in [3.8, 4) is 0 Å². The van der Waals surface area contributed by atoms with Gasteiger partial charge in [0.05, 0.1) is 16.8 Å². The summed E-state index contributed by atoms with van der Waals surface area (Å²) < 4.78 is 2.01. The second-order valence-corrected chi connectivity index (χ2v) is 6.04. The molecule has 0 amide bonds. The number of carbonyl (C=O) groups is 1. The monoisotopic (exact) mass is 316 g/mol. The Kier molecular flexibility index (Phi) is 3.99. The number of para-hydroxylation sites is 2. The molecule has 1 aromatic heterocycles. The normalized spacial score (nSPS) is 11.0. The molecule has 0 fully saturated rings. The van der Waals surface area contributed by atoms with Crippen LogP contribution in [0.1, 0.15) is 10.4 Å². The summed E-state index contributed by atoms with van der Waals surface area (Å²) in [6.07, 6.45) is 0. The molecule has 0 saturated carbocycles. The van der Waals surface area contributed by atoms with E-state index in [-0.39, 0.29) is 5.78 Å². The molecule has 0 bridgehead atoms. The number of imidazole rings is 1. The molecule has 0 aliphatic heterocycles. The van der Waals surface area contributed by atoms with Crippen LogP contribution in [0.5, 0.6) is 0 Å². The molecular weight excluding hydrogens is 304 g/mol. The summed E-state index contributed by atoms with van der Waals surface area (Å²) >= 11 is 7.27. The van der Waals surface area contributed by atoms with Gasteiger partial charge >= 0.3 is 0 Å². The molecule has 0 radical (unpaired) electrons. The van der Waals surface area contributed by atoms with Crippen molar-refractivity contribution in [2.24, 2.45) is 7.05 Å². The molecule has 1 heterocycles. The van der Waals surface area contributed by atoms with Crippen LogP contribution in [0, 0.1) is 0 Å². The third-order valence-electron chi connectivity index (χ3n) is 3.24. The number of ketones is 1. The molecular formula is C16H13ClN2OS. The molecule has 3 nitrogen and oxygen atoms in total. The van der Waals surface area contributed by atoms with Crippen LogP contribution in [0.4, 0.5) is 0 Å². The van der Waals surface area contributed by atoms with Gasteiger partial charge in [-0.25, -0.2) is 4.98 Å². The van der Waals surface area contributed by atoms with Gasteiger partial charge in [-0.1, -0.05) is 35.5 Å². The fourth-order valence-corrected chi connectivity index (χ4v) is 3.11. The largest absolute Gasteiger partial charge is 0.322 e. The summed E-state index contributed by atoms with van der Waals surface area (Å²) in [4.78, 5) is 16.7. The number of carbonyl (C=O) groups excluding carboxylic acids is 1. The SMILES string of the molecule is Cn1c(SCC(=O)c2ccc(Cl)cc2)nc2ccccc21. The first-order valence-electron chi connectivity index (χ1n) is 6.48. The highest BCUT2D eigenvalue weighted by atomic mass is 35.5. The molecule has 0 N–H and O–H groups in total. The summed E-state index contributed by atoms with van der Waals surface area (Å²) in [6.45, 7) is 0. The number of rotatable bonds is 4. The van der Waals surface area contributed by atoms with Gasteiger partial charge in [0.25, 0.3) is 0 Å². The van der Waals surface area contributed by atoms with E-state index in [9.17, 15) is 4.79 Å². The number of hydrogen-bond donors (Lipinski definition) is 0. The number of hydrogen-bond acceptors (Lipinski definition) is 3. The quantitative estimate of drug-likeness (QED) is 0.534. The van der Waals surface area contributed by atoms with Gasteiger partial charge in [0.15, 0.2) is 10.9 Å². The maximum absolute atomic E-state index is 12.2. The van der Waals surface area contributed by atoms with E-state index < -0.39 is 0 Å². The van der Waals surface area contributed by atoms with Crippen LogP contribution < -0.4 is 0 Å². The number of halogens is 1. The number of fused-ring (bicyclic) bond motifs is 1. The summed E-state index contributed by atoms with van der Waals surface area (Å²) in [7, 11) is 1.96. The van der Waals surface area contributed by atoms with Crippen molar-refractivity contribution in [2.45, 2.75) is 5.16 Å². The molecule has 3 rings (SSSR count). The zero-order valence-corrected chi connectivity index (χ0v) is 13.0. The molecule has 0 unspecified atom stereocenters. The van der Waals surface area contributed by atoms with E-state index in [1.165, 1.54) is 11.8 Å². The molecule has 0 atom stereocenters. The zero-order chi connectivity index (χ0) is 14.8. The van der Waals surface area contributed by atoms with Crippen LogP contribution in [0.25, 0.3) is 11.0 Å². The summed E-state index contributed by atoms with van der Waals surface area (Å²) in [5.41, 5.74) is 2.69. The lowest BCUT2D eigenvalue weighted by molar-refractivity contribution is 0.102. The Labute approximate surface area is 131 Å². The lowest BCUT2D eigenvalue weighted by atomic mass is 10.1. The van der Waals surface area contributed by atoms with Gasteiger partial charge in [0.1, 0.15) is 0 Å². The van der Waals surface area contributed by atoms with Crippen LogP contribution in [-0.4, -0.2) is 21.1 Å². The third-order valence-corrected chi connectivity index (χ3v) is 4.53. The Balaban J connectivity index is 1.75. The van der Waals surface area contributed by atoms with Crippen LogP contribution in [0.15, 0.2) is 53.7 Å². The highest BCUT2D eigenvalue weighted by Crippen LogP contribution is 2.23. The molecule has 3 aromatic rings. The fraction of sp³-hybridized carbons (Fsp3) is 0.125. The Morgan fingerprint density at radius 2 is 1.90 bits per heavy atom. The molecule has 0 saturated heterocycles. The fourth-order valence-electron chi connectivity index (χ4n) is 2.10. The van der Waals surface area contributed by atoms with Crippen molar-refractivity contribution in [1.82, 2.24) is 9.55 Å². The van der Waals surface area contributed by atoms with E-state index in [0.29, 0.717) is 16.3 Å². The Hall–Kier alpha value is -1.78. The predicted molar refractivity (Wildman–Crippen MR) is 87.2 cm³/mol. The Morgan fingerprint density at radius 3 is 2.62 bits per heavy atom. The van der Waals surface area contributed by atoms with Gasteiger partial charge in [-0.05, 0) is 36.4 Å². The smallest absolute Gasteiger partial charge is 0.173 e. The molecule has 106 valence electrons. The number of nitrogens with zero attached hydrogens (tertiary/aromatic N) is 2. The molecule has 0 aliphatic rings. The summed E-state index contributed by atoms with van der Waals surface area (Å²) in [6, 6.07) is 14.9. The topological polar surface area (TPSA) is 34.9 Å². The average Bonchev–Trinajstić information content (AvgIpc) is 2.82. The van der Waals surface area contributed by atoms with Crippen molar-refractivity contribution in [3.63, 3.8) is 0 Å². The standard InChI is InChI=1S/C16H13ClN2OS/c1-19-14-5-3-2-4-13(14)18-16(19)21-10-15(20)11-6-8-12(17)9-7-11/h2-9H,10H2,1H3.